The van der Waals surface area contributed by atoms with Gasteiger partial charge in [0, 0.05) is 13.1 Å². The minimum Gasteiger partial charge on any atom is -0.469 e. The zero-order valence-electron chi connectivity index (χ0n) is 10.5. The highest BCUT2D eigenvalue weighted by Gasteiger charge is 2.28. The summed E-state index contributed by atoms with van der Waals surface area (Å²) < 4.78 is 4.78. The molecule has 0 bridgehead atoms. The summed E-state index contributed by atoms with van der Waals surface area (Å²) in [5, 5.41) is 0. The number of esters is 1. The molecule has 0 spiro atoms. The lowest BCUT2D eigenvalue weighted by Gasteiger charge is -2.15. The van der Waals surface area contributed by atoms with E-state index in [1.165, 1.54) is 18.2 Å². The molecule has 0 aromatic heterocycles. The minimum absolute atomic E-state index is 0.0606. The van der Waals surface area contributed by atoms with Crippen molar-refractivity contribution in [1.82, 2.24) is 4.90 Å². The summed E-state index contributed by atoms with van der Waals surface area (Å²) in [7, 11) is 1.46. The number of ether oxygens (including phenoxy) is 1. The molecule has 0 amide bonds. The van der Waals surface area contributed by atoms with Crippen LogP contribution in [0.3, 0.4) is 0 Å². The van der Waals surface area contributed by atoms with E-state index in [2.05, 4.69) is 36.1 Å². The number of benzene rings is 1. The summed E-state index contributed by atoms with van der Waals surface area (Å²) in [5.74, 6) is -0.0122. The first-order valence-electron chi connectivity index (χ1n) is 6.05. The molecule has 0 N–H and O–H groups in total. The van der Waals surface area contributed by atoms with Gasteiger partial charge in [-0.2, -0.15) is 0 Å². The molecule has 1 heterocycles. The minimum atomic E-state index is -0.0728. The topological polar surface area (TPSA) is 29.5 Å². The average Bonchev–Trinajstić information content (AvgIpc) is 2.80. The Labute approximate surface area is 102 Å². The Balaban J connectivity index is 1.89. The smallest absolute Gasteiger partial charge is 0.310 e. The van der Waals surface area contributed by atoms with Gasteiger partial charge in [-0.25, -0.2) is 0 Å². The maximum absolute atomic E-state index is 11.4. The van der Waals surface area contributed by atoms with Crippen LogP contribution in [0.4, 0.5) is 0 Å². The highest BCUT2D eigenvalue weighted by atomic mass is 16.5. The molecule has 1 aromatic rings. The van der Waals surface area contributed by atoms with E-state index in [-0.39, 0.29) is 11.9 Å². The molecule has 1 aliphatic heterocycles. The van der Waals surface area contributed by atoms with E-state index in [0.717, 1.165) is 26.1 Å². The molecule has 17 heavy (non-hydrogen) atoms. The lowest BCUT2D eigenvalue weighted by Crippen LogP contribution is -2.23. The quantitative estimate of drug-likeness (QED) is 0.748. The molecule has 1 aromatic carbocycles. The largest absolute Gasteiger partial charge is 0.469 e. The summed E-state index contributed by atoms with van der Waals surface area (Å²) >= 11 is 0. The number of hydrogen-bond acceptors (Lipinski definition) is 3. The maximum Gasteiger partial charge on any atom is 0.310 e. The van der Waals surface area contributed by atoms with Gasteiger partial charge in [-0.3, -0.25) is 9.69 Å². The lowest BCUT2D eigenvalue weighted by molar-refractivity contribution is -0.144. The Morgan fingerprint density at radius 2 is 2.12 bits per heavy atom. The normalized spacial score (nSPS) is 20.5. The van der Waals surface area contributed by atoms with Gasteiger partial charge in [-0.05, 0) is 25.5 Å². The molecule has 1 unspecified atom stereocenters. The van der Waals surface area contributed by atoms with E-state index < -0.39 is 0 Å². The van der Waals surface area contributed by atoms with Crippen LogP contribution in [0.1, 0.15) is 17.5 Å². The standard InChI is InChI=1S/C14H19NO2/c1-11-3-5-12(6-4-11)9-15-8-7-13(10-15)14(16)17-2/h3-6,13H,7-10H2,1-2H3. The van der Waals surface area contributed by atoms with Crippen molar-refractivity contribution in [1.29, 1.82) is 0 Å². The zero-order chi connectivity index (χ0) is 12.3. The van der Waals surface area contributed by atoms with Crippen LogP contribution in [0.2, 0.25) is 0 Å². The van der Waals surface area contributed by atoms with Gasteiger partial charge in [-0.15, -0.1) is 0 Å². The van der Waals surface area contributed by atoms with Crippen molar-refractivity contribution in [2.45, 2.75) is 19.9 Å². The van der Waals surface area contributed by atoms with Crippen LogP contribution in [0.5, 0.6) is 0 Å². The Morgan fingerprint density at radius 1 is 1.41 bits per heavy atom. The molecular weight excluding hydrogens is 214 g/mol. The third kappa shape index (κ3) is 3.07. The number of carbonyl (C=O) groups is 1. The van der Waals surface area contributed by atoms with E-state index in [9.17, 15) is 4.79 Å². The van der Waals surface area contributed by atoms with E-state index in [0.29, 0.717) is 0 Å². The van der Waals surface area contributed by atoms with Crippen molar-refractivity contribution in [3.8, 4) is 0 Å². The van der Waals surface area contributed by atoms with Crippen LogP contribution >= 0.6 is 0 Å². The molecule has 1 saturated heterocycles. The van der Waals surface area contributed by atoms with Crippen molar-refractivity contribution >= 4 is 5.97 Å². The third-order valence-corrected chi connectivity index (χ3v) is 3.33. The van der Waals surface area contributed by atoms with Gasteiger partial charge >= 0.3 is 5.97 Å². The van der Waals surface area contributed by atoms with E-state index >= 15 is 0 Å². The monoisotopic (exact) mass is 233 g/mol. The lowest BCUT2D eigenvalue weighted by atomic mass is 10.1. The maximum atomic E-state index is 11.4. The molecule has 1 atom stereocenters. The molecule has 1 aliphatic rings. The Bertz CT molecular complexity index is 386. The molecule has 1 fully saturated rings. The van der Waals surface area contributed by atoms with Crippen LogP contribution in [-0.2, 0) is 16.1 Å². The van der Waals surface area contributed by atoms with Gasteiger partial charge in [0.05, 0.1) is 13.0 Å². The second-order valence-corrected chi connectivity index (χ2v) is 4.73. The summed E-state index contributed by atoms with van der Waals surface area (Å²) in [4.78, 5) is 13.7. The molecule has 92 valence electrons. The van der Waals surface area contributed by atoms with E-state index in [1.807, 2.05) is 0 Å². The average molecular weight is 233 g/mol. The van der Waals surface area contributed by atoms with Crippen molar-refractivity contribution in [2.24, 2.45) is 5.92 Å². The van der Waals surface area contributed by atoms with Gasteiger partial charge in [0.25, 0.3) is 0 Å². The predicted molar refractivity (Wildman–Crippen MR) is 66.6 cm³/mol. The van der Waals surface area contributed by atoms with Crippen molar-refractivity contribution < 1.29 is 9.53 Å². The van der Waals surface area contributed by atoms with E-state index in [4.69, 9.17) is 4.74 Å². The fraction of sp³-hybridized carbons (Fsp3) is 0.500. The number of likely N-dealkylation sites (tertiary alicyclic amines) is 1. The fourth-order valence-electron chi connectivity index (χ4n) is 2.29. The van der Waals surface area contributed by atoms with Crippen LogP contribution < -0.4 is 0 Å². The number of nitrogens with zero attached hydrogens (tertiary/aromatic N) is 1. The van der Waals surface area contributed by atoms with Gasteiger partial charge in [-0.1, -0.05) is 29.8 Å². The van der Waals surface area contributed by atoms with Gasteiger partial charge in [0.1, 0.15) is 0 Å². The molecule has 0 saturated carbocycles. The molecule has 0 radical (unpaired) electrons. The number of carbonyl (C=O) groups excluding carboxylic acids is 1. The molecule has 3 heteroatoms. The molecule has 3 nitrogen and oxygen atoms in total. The highest BCUT2D eigenvalue weighted by Crippen LogP contribution is 2.19. The summed E-state index contributed by atoms with van der Waals surface area (Å²) in [6, 6.07) is 8.56. The van der Waals surface area contributed by atoms with Crippen molar-refractivity contribution in [3.05, 3.63) is 35.4 Å². The molecule has 2 rings (SSSR count). The second kappa shape index (κ2) is 5.32. The summed E-state index contributed by atoms with van der Waals surface area (Å²) in [5.41, 5.74) is 2.59. The Kier molecular flexibility index (Phi) is 3.79. The number of hydrogen-bond donors (Lipinski definition) is 0. The first-order chi connectivity index (χ1) is 8.19. The van der Waals surface area contributed by atoms with Crippen molar-refractivity contribution in [2.75, 3.05) is 20.2 Å². The van der Waals surface area contributed by atoms with E-state index in [1.54, 1.807) is 0 Å². The third-order valence-electron chi connectivity index (χ3n) is 3.33. The number of rotatable bonds is 3. The number of aryl methyl sites for hydroxylation is 1. The highest BCUT2D eigenvalue weighted by molar-refractivity contribution is 5.72. The molecular formula is C14H19NO2. The first kappa shape index (κ1) is 12.1. The summed E-state index contributed by atoms with van der Waals surface area (Å²) in [6.07, 6.45) is 0.915. The first-order valence-corrected chi connectivity index (χ1v) is 6.05. The van der Waals surface area contributed by atoms with Crippen LogP contribution in [0.15, 0.2) is 24.3 Å². The zero-order valence-corrected chi connectivity index (χ0v) is 10.5. The summed E-state index contributed by atoms with van der Waals surface area (Å²) in [6.45, 7) is 4.81. The Hall–Kier alpha value is -1.35. The SMILES string of the molecule is COC(=O)C1CCN(Cc2ccc(C)cc2)C1. The Morgan fingerprint density at radius 3 is 2.76 bits per heavy atom. The van der Waals surface area contributed by atoms with Crippen molar-refractivity contribution in [3.63, 3.8) is 0 Å². The number of methoxy groups -OCH3 is 1. The molecule has 0 aliphatic carbocycles. The second-order valence-electron chi connectivity index (χ2n) is 4.73. The van der Waals surface area contributed by atoms with Crippen LogP contribution in [-0.4, -0.2) is 31.1 Å². The van der Waals surface area contributed by atoms with Gasteiger partial charge in [0.2, 0.25) is 0 Å². The van der Waals surface area contributed by atoms with Gasteiger partial charge < -0.3 is 4.74 Å². The fourth-order valence-corrected chi connectivity index (χ4v) is 2.29. The predicted octanol–water partition coefficient (Wildman–Crippen LogP) is 1.99. The van der Waals surface area contributed by atoms with Crippen LogP contribution in [0, 0.1) is 12.8 Å². The van der Waals surface area contributed by atoms with Crippen LogP contribution in [0.25, 0.3) is 0 Å². The van der Waals surface area contributed by atoms with Gasteiger partial charge in [0.15, 0.2) is 0 Å².